The first-order valence-electron chi connectivity index (χ1n) is 13.7. The highest BCUT2D eigenvalue weighted by molar-refractivity contribution is 7.91. The number of hydrogen-bond acceptors (Lipinski definition) is 8. The van der Waals surface area contributed by atoms with Crippen LogP contribution >= 0.6 is 0 Å². The van der Waals surface area contributed by atoms with Crippen LogP contribution < -0.4 is 30.7 Å². The number of benzene rings is 3. The summed E-state index contributed by atoms with van der Waals surface area (Å²) in [5, 5.41) is 9.96. The van der Waals surface area contributed by atoms with Crippen LogP contribution in [0.25, 0.3) is 0 Å². The largest absolute Gasteiger partial charge is 0.451 e. The number of urea groups is 2. The number of halogens is 4. The zero-order valence-electron chi connectivity index (χ0n) is 23.6. The topological polar surface area (TPSA) is 169 Å². The number of anilines is 2. The molecule has 0 unspecified atom stereocenters. The first-order valence-corrected chi connectivity index (χ1v) is 17.3. The second-order valence-corrected chi connectivity index (χ2v) is 15.0. The van der Waals surface area contributed by atoms with Gasteiger partial charge in [0.2, 0.25) is 34.8 Å². The van der Waals surface area contributed by atoms with Gasteiger partial charge in [0.15, 0.2) is 19.7 Å². The lowest BCUT2D eigenvalue weighted by Crippen LogP contribution is -2.38. The maximum Gasteiger partial charge on any atom is 0.319 e. The number of hydrogen-bond donors (Lipinski definition) is 4. The molecule has 246 valence electrons. The van der Waals surface area contributed by atoms with E-state index in [2.05, 4.69) is 21.3 Å². The fraction of sp³-hybridized carbons (Fsp3) is 0.286. The lowest BCUT2D eigenvalue weighted by atomic mass is 10.2. The first kappa shape index (κ1) is 32.8. The Morgan fingerprint density at radius 3 is 1.20 bits per heavy atom. The summed E-state index contributed by atoms with van der Waals surface area (Å²) in [6, 6.07) is 7.34. The van der Waals surface area contributed by atoms with Gasteiger partial charge in [0.05, 0.1) is 23.0 Å². The number of carbonyl (C=O) groups excluding carboxylic acids is 2. The quantitative estimate of drug-likeness (QED) is 0.199. The van der Waals surface area contributed by atoms with Crippen LogP contribution in [0.5, 0.6) is 23.0 Å². The van der Waals surface area contributed by atoms with E-state index >= 15 is 0 Å². The highest BCUT2D eigenvalue weighted by atomic mass is 32.2. The van der Waals surface area contributed by atoms with Gasteiger partial charge in [-0.3, -0.25) is 0 Å². The van der Waals surface area contributed by atoms with Gasteiger partial charge in [-0.25, -0.2) is 26.4 Å². The SMILES string of the molecule is O=C(Nc1ccc(Oc2c(F)c(F)c(Oc3ccc(NC(=O)N[C@@H]4CCS(=O)(=O)C4)cc3)c(F)c2F)cc1)N[C@@H]1CCS(=O)(=O)C1. The van der Waals surface area contributed by atoms with Crippen molar-refractivity contribution in [2.24, 2.45) is 0 Å². The number of sulfone groups is 2. The summed E-state index contributed by atoms with van der Waals surface area (Å²) in [5.74, 6) is -11.2. The van der Waals surface area contributed by atoms with Crippen molar-refractivity contribution in [2.45, 2.75) is 24.9 Å². The smallest absolute Gasteiger partial charge is 0.319 e. The number of amides is 4. The van der Waals surface area contributed by atoms with Crippen LogP contribution in [0.1, 0.15) is 12.8 Å². The Hall–Kier alpha value is -4.58. The summed E-state index contributed by atoms with van der Waals surface area (Å²) < 4.78 is 116. The van der Waals surface area contributed by atoms with Crippen molar-refractivity contribution in [1.82, 2.24) is 10.6 Å². The summed E-state index contributed by atoms with van der Waals surface area (Å²) in [7, 11) is -6.40. The van der Waals surface area contributed by atoms with Crippen LogP contribution in [0.15, 0.2) is 48.5 Å². The maximum absolute atomic E-state index is 14.8. The van der Waals surface area contributed by atoms with Crippen molar-refractivity contribution < 1.29 is 53.5 Å². The predicted molar refractivity (Wildman–Crippen MR) is 158 cm³/mol. The van der Waals surface area contributed by atoms with Crippen LogP contribution in [0, 0.1) is 23.3 Å². The van der Waals surface area contributed by atoms with E-state index < -0.39 is 78.6 Å². The third kappa shape index (κ3) is 7.97. The lowest BCUT2D eigenvalue weighted by molar-refractivity contribution is 0.248. The summed E-state index contributed by atoms with van der Waals surface area (Å²) in [4.78, 5) is 24.3. The minimum atomic E-state index is -3.20. The Morgan fingerprint density at radius 1 is 0.587 bits per heavy atom. The molecule has 0 bridgehead atoms. The summed E-state index contributed by atoms with van der Waals surface area (Å²) in [6.07, 6.45) is 0.554. The average molecular weight is 687 g/mol. The number of ether oxygens (including phenoxy) is 2. The molecule has 0 aromatic heterocycles. The zero-order chi connectivity index (χ0) is 33.2. The molecule has 0 saturated carbocycles. The van der Waals surface area contributed by atoms with Crippen molar-refractivity contribution in [1.29, 1.82) is 0 Å². The third-order valence-corrected chi connectivity index (χ3v) is 10.5. The molecule has 4 amide bonds. The molecule has 2 atom stereocenters. The van der Waals surface area contributed by atoms with E-state index in [1.807, 2.05) is 0 Å². The molecule has 0 aliphatic carbocycles. The van der Waals surface area contributed by atoms with Gasteiger partial charge < -0.3 is 30.7 Å². The zero-order valence-corrected chi connectivity index (χ0v) is 25.2. The number of carbonyl (C=O) groups is 2. The fourth-order valence-electron chi connectivity index (χ4n) is 4.74. The predicted octanol–water partition coefficient (Wildman–Crippen LogP) is 4.44. The Balaban J connectivity index is 1.19. The Labute approximate surface area is 260 Å². The molecular weight excluding hydrogens is 660 g/mol. The van der Waals surface area contributed by atoms with Gasteiger partial charge in [0.1, 0.15) is 11.5 Å². The molecule has 3 aromatic carbocycles. The van der Waals surface area contributed by atoms with Crippen LogP contribution in [-0.4, -0.2) is 64.0 Å². The van der Waals surface area contributed by atoms with E-state index in [0.717, 1.165) is 0 Å². The first-order chi connectivity index (χ1) is 21.7. The minimum absolute atomic E-state index is 0.0303. The van der Waals surface area contributed by atoms with Crippen LogP contribution in [-0.2, 0) is 19.7 Å². The molecular formula is C28H26F4N4O8S2. The van der Waals surface area contributed by atoms with E-state index in [1.165, 1.54) is 48.5 Å². The monoisotopic (exact) mass is 686 g/mol. The molecule has 4 N–H and O–H groups in total. The van der Waals surface area contributed by atoms with Gasteiger partial charge >= 0.3 is 12.1 Å². The van der Waals surface area contributed by atoms with Crippen LogP contribution in [0.4, 0.5) is 38.5 Å². The average Bonchev–Trinajstić information content (AvgIpc) is 3.52. The summed E-state index contributed by atoms with van der Waals surface area (Å²) >= 11 is 0. The molecule has 0 spiro atoms. The van der Waals surface area contributed by atoms with Gasteiger partial charge in [-0.2, -0.15) is 17.6 Å². The molecule has 0 radical (unpaired) electrons. The van der Waals surface area contributed by atoms with Gasteiger partial charge in [0.25, 0.3) is 0 Å². The third-order valence-electron chi connectivity index (χ3n) is 6.98. The Morgan fingerprint density at radius 2 is 0.913 bits per heavy atom. The highest BCUT2D eigenvalue weighted by Gasteiger charge is 2.31. The summed E-state index contributed by atoms with van der Waals surface area (Å²) in [5.41, 5.74) is 0.415. The molecule has 2 aliphatic rings. The molecule has 46 heavy (non-hydrogen) atoms. The van der Waals surface area contributed by atoms with Crippen molar-refractivity contribution in [3.8, 4) is 23.0 Å². The van der Waals surface area contributed by atoms with E-state index in [4.69, 9.17) is 9.47 Å². The molecule has 18 heteroatoms. The molecule has 2 aliphatic heterocycles. The Bertz CT molecular complexity index is 1710. The van der Waals surface area contributed by atoms with Gasteiger partial charge in [-0.05, 0) is 61.4 Å². The molecule has 3 aromatic rings. The van der Waals surface area contributed by atoms with Crippen molar-refractivity contribution in [3.63, 3.8) is 0 Å². The molecule has 2 heterocycles. The lowest BCUT2D eigenvalue weighted by Gasteiger charge is -2.15. The minimum Gasteiger partial charge on any atom is -0.451 e. The molecule has 2 saturated heterocycles. The second kappa shape index (κ2) is 13.0. The van der Waals surface area contributed by atoms with Crippen molar-refractivity contribution >= 4 is 43.1 Å². The molecule has 2 fully saturated rings. The second-order valence-electron chi connectivity index (χ2n) is 10.6. The van der Waals surface area contributed by atoms with E-state index in [0.29, 0.717) is 0 Å². The van der Waals surface area contributed by atoms with Crippen LogP contribution in [0.3, 0.4) is 0 Å². The van der Waals surface area contributed by atoms with Crippen molar-refractivity contribution in [3.05, 3.63) is 71.8 Å². The normalized spacial score (nSPS) is 19.7. The number of rotatable bonds is 8. The van der Waals surface area contributed by atoms with Gasteiger partial charge in [0, 0.05) is 23.5 Å². The fourth-order valence-corrected chi connectivity index (χ4v) is 8.09. The number of nitrogens with one attached hydrogen (secondary N) is 4. The van der Waals surface area contributed by atoms with E-state index in [1.54, 1.807) is 0 Å². The van der Waals surface area contributed by atoms with E-state index in [-0.39, 0.29) is 58.7 Å². The van der Waals surface area contributed by atoms with Crippen LogP contribution in [0.2, 0.25) is 0 Å². The van der Waals surface area contributed by atoms with Gasteiger partial charge in [-0.15, -0.1) is 0 Å². The van der Waals surface area contributed by atoms with E-state index in [9.17, 15) is 44.0 Å². The highest BCUT2D eigenvalue weighted by Crippen LogP contribution is 2.39. The standard InChI is InChI=1S/C28H26F4N4O8S2/c29-21-23(31)26(44-20-7-3-16(4-8-20)34-28(38)36-18-10-12-46(41,42)14-18)24(32)22(30)25(21)43-19-5-1-15(2-6-19)33-27(37)35-17-9-11-45(39,40)13-17/h1-8,17-18H,9-14H2,(H2,33,35,37)(H2,34,36,38)/t17-,18-/m1/s1. The van der Waals surface area contributed by atoms with Gasteiger partial charge in [-0.1, -0.05) is 0 Å². The summed E-state index contributed by atoms with van der Waals surface area (Å²) in [6.45, 7) is 0. The Kier molecular flexibility index (Phi) is 9.29. The van der Waals surface area contributed by atoms with Crippen molar-refractivity contribution in [2.75, 3.05) is 33.6 Å². The maximum atomic E-state index is 14.8. The molecule has 5 rings (SSSR count). The molecule has 12 nitrogen and oxygen atoms in total.